The Morgan fingerprint density at radius 1 is 1.03 bits per heavy atom. The number of carbonyl (C=O) groups is 2. The van der Waals surface area contributed by atoms with Gasteiger partial charge in [-0.1, -0.05) is 24.3 Å². The van der Waals surface area contributed by atoms with Crippen LogP contribution in [0.25, 0.3) is 16.7 Å². The number of rotatable bonds is 5. The van der Waals surface area contributed by atoms with Gasteiger partial charge in [-0.3, -0.25) is 23.5 Å². The molecule has 1 fully saturated rings. The third-order valence-electron chi connectivity index (χ3n) is 6.13. The lowest BCUT2D eigenvalue weighted by Gasteiger charge is -2.22. The van der Waals surface area contributed by atoms with Gasteiger partial charge in [0, 0.05) is 6.54 Å². The second-order valence-electron chi connectivity index (χ2n) is 7.99. The fourth-order valence-electron chi connectivity index (χ4n) is 4.30. The van der Waals surface area contributed by atoms with Crippen molar-refractivity contribution >= 4 is 28.6 Å². The summed E-state index contributed by atoms with van der Waals surface area (Å²) in [5.41, 5.74) is -0.133. The van der Waals surface area contributed by atoms with E-state index in [2.05, 4.69) is 15.5 Å². The molecule has 0 radical (unpaired) electrons. The Kier molecular flexibility index (Phi) is 4.66. The molecule has 3 amide bonds. The zero-order chi connectivity index (χ0) is 23.3. The molecule has 1 aliphatic rings. The van der Waals surface area contributed by atoms with E-state index in [0.717, 1.165) is 4.90 Å². The third-order valence-corrected chi connectivity index (χ3v) is 6.13. The molecule has 1 unspecified atom stereocenters. The summed E-state index contributed by atoms with van der Waals surface area (Å²) in [6, 6.07) is 13.6. The molecule has 1 atom stereocenters. The van der Waals surface area contributed by atoms with Gasteiger partial charge in [-0.05, 0) is 43.7 Å². The highest BCUT2D eigenvalue weighted by molar-refractivity contribution is 6.07. The number of imide groups is 1. The Bertz CT molecular complexity index is 1470. The first-order valence-electron chi connectivity index (χ1n) is 10.5. The molecule has 33 heavy (non-hydrogen) atoms. The number of hydrogen-bond donors (Lipinski definition) is 1. The summed E-state index contributed by atoms with van der Waals surface area (Å²) in [4.78, 5) is 40.2. The van der Waals surface area contributed by atoms with Crippen LogP contribution in [0.3, 0.4) is 0 Å². The number of aromatic nitrogens is 4. The second kappa shape index (κ2) is 7.44. The summed E-state index contributed by atoms with van der Waals surface area (Å²) in [7, 11) is 1.56. The van der Waals surface area contributed by atoms with Crippen LogP contribution >= 0.6 is 0 Å². The maximum atomic E-state index is 13.4. The van der Waals surface area contributed by atoms with Crippen molar-refractivity contribution in [2.24, 2.45) is 0 Å². The average Bonchev–Trinajstić information content (AvgIpc) is 3.34. The summed E-state index contributed by atoms with van der Waals surface area (Å²) >= 11 is 0. The van der Waals surface area contributed by atoms with Crippen LogP contribution in [0.15, 0.2) is 53.3 Å². The van der Waals surface area contributed by atoms with Gasteiger partial charge in [-0.25, -0.2) is 4.79 Å². The van der Waals surface area contributed by atoms with E-state index >= 15 is 0 Å². The number of ether oxygens (including phenoxy) is 1. The Balaban J connectivity index is 1.58. The van der Waals surface area contributed by atoms with Crippen LogP contribution in [0.2, 0.25) is 0 Å². The monoisotopic (exact) mass is 446 g/mol. The second-order valence-corrected chi connectivity index (χ2v) is 7.99. The highest BCUT2D eigenvalue weighted by Crippen LogP contribution is 2.31. The molecule has 0 spiro atoms. The van der Waals surface area contributed by atoms with Gasteiger partial charge < -0.3 is 10.1 Å². The van der Waals surface area contributed by atoms with Gasteiger partial charge in [-0.2, -0.15) is 0 Å². The van der Waals surface area contributed by atoms with E-state index in [1.54, 1.807) is 60.9 Å². The number of carbonyl (C=O) groups excluding carboxylic acids is 2. The maximum absolute atomic E-state index is 13.4. The Hall–Kier alpha value is -4.21. The summed E-state index contributed by atoms with van der Waals surface area (Å²) in [6.45, 7) is 3.83. The lowest BCUT2D eigenvalue weighted by Crippen LogP contribution is -2.40. The van der Waals surface area contributed by atoms with E-state index in [0.29, 0.717) is 40.4 Å². The third kappa shape index (κ3) is 2.98. The predicted octanol–water partition coefficient (Wildman–Crippen LogP) is 2.04. The number of benzene rings is 2. The molecule has 10 nitrogen and oxygen atoms in total. The molecule has 1 aliphatic heterocycles. The lowest BCUT2D eigenvalue weighted by atomic mass is 9.92. The van der Waals surface area contributed by atoms with E-state index in [9.17, 15) is 14.4 Å². The summed E-state index contributed by atoms with van der Waals surface area (Å²) in [5.74, 6) is 0.995. The molecule has 0 saturated carbocycles. The molecule has 3 heterocycles. The number of methoxy groups -OCH3 is 1. The molecule has 0 bridgehead atoms. The summed E-state index contributed by atoms with van der Waals surface area (Å²) in [6.07, 6.45) is 0. The smallest absolute Gasteiger partial charge is 0.325 e. The molecule has 1 N–H and O–H groups in total. The van der Waals surface area contributed by atoms with Crippen LogP contribution in [0.5, 0.6) is 5.75 Å². The first-order chi connectivity index (χ1) is 15.9. The Labute approximate surface area is 188 Å². The molecule has 4 aromatic rings. The largest absolute Gasteiger partial charge is 0.497 e. The van der Waals surface area contributed by atoms with Crippen LogP contribution in [0.4, 0.5) is 4.79 Å². The van der Waals surface area contributed by atoms with Crippen molar-refractivity contribution in [2.45, 2.75) is 32.5 Å². The first-order valence-corrected chi connectivity index (χ1v) is 10.5. The number of urea groups is 1. The predicted molar refractivity (Wildman–Crippen MR) is 120 cm³/mol. The van der Waals surface area contributed by atoms with Crippen LogP contribution in [0, 0.1) is 0 Å². The first kappa shape index (κ1) is 20.7. The zero-order valence-electron chi connectivity index (χ0n) is 18.4. The van der Waals surface area contributed by atoms with E-state index in [-0.39, 0.29) is 12.1 Å². The van der Waals surface area contributed by atoms with Gasteiger partial charge in [0.1, 0.15) is 11.3 Å². The van der Waals surface area contributed by atoms with Crippen LogP contribution in [-0.2, 0) is 23.4 Å². The molecular weight excluding hydrogens is 424 g/mol. The minimum absolute atomic E-state index is 0.0938. The van der Waals surface area contributed by atoms with Crippen LogP contribution in [-0.4, -0.2) is 43.1 Å². The van der Waals surface area contributed by atoms with Crippen molar-refractivity contribution in [2.75, 3.05) is 7.11 Å². The molecule has 5 rings (SSSR count). The minimum Gasteiger partial charge on any atom is -0.497 e. The fourth-order valence-corrected chi connectivity index (χ4v) is 4.30. The number of aryl methyl sites for hydroxylation is 1. The quantitative estimate of drug-likeness (QED) is 0.470. The van der Waals surface area contributed by atoms with Gasteiger partial charge in [0.25, 0.3) is 11.5 Å². The topological polar surface area (TPSA) is 111 Å². The van der Waals surface area contributed by atoms with Crippen molar-refractivity contribution in [3.05, 3.63) is 70.3 Å². The van der Waals surface area contributed by atoms with Gasteiger partial charge in [0.05, 0.1) is 24.6 Å². The van der Waals surface area contributed by atoms with Crippen molar-refractivity contribution in [1.82, 2.24) is 29.4 Å². The van der Waals surface area contributed by atoms with Crippen molar-refractivity contribution in [3.63, 3.8) is 0 Å². The van der Waals surface area contributed by atoms with E-state index in [1.165, 1.54) is 4.57 Å². The van der Waals surface area contributed by atoms with E-state index < -0.39 is 17.5 Å². The zero-order valence-corrected chi connectivity index (χ0v) is 18.4. The molecule has 10 heteroatoms. The minimum atomic E-state index is -1.22. The van der Waals surface area contributed by atoms with E-state index in [4.69, 9.17) is 4.74 Å². The molecule has 2 aromatic carbocycles. The number of nitrogens with zero attached hydrogens (tertiary/aromatic N) is 5. The van der Waals surface area contributed by atoms with Gasteiger partial charge in [0.15, 0.2) is 5.82 Å². The Morgan fingerprint density at radius 3 is 2.45 bits per heavy atom. The van der Waals surface area contributed by atoms with Crippen LogP contribution in [0.1, 0.15) is 25.2 Å². The van der Waals surface area contributed by atoms with Crippen molar-refractivity contribution < 1.29 is 14.3 Å². The van der Waals surface area contributed by atoms with Gasteiger partial charge in [0.2, 0.25) is 5.78 Å². The van der Waals surface area contributed by atoms with Crippen molar-refractivity contribution in [3.8, 4) is 5.75 Å². The molecule has 168 valence electrons. The average molecular weight is 446 g/mol. The number of para-hydroxylation sites is 1. The lowest BCUT2D eigenvalue weighted by molar-refractivity contribution is -0.131. The number of fused-ring (bicyclic) bond motifs is 3. The molecule has 2 aromatic heterocycles. The van der Waals surface area contributed by atoms with Crippen LogP contribution < -0.4 is 15.6 Å². The molecule has 0 aliphatic carbocycles. The SMILES string of the molecule is CCn1c(=O)c2ccccc2n2c(CN3C(=O)NC(C)(c4ccc(OC)cc4)C3=O)nnc12. The number of amides is 3. The normalized spacial score (nSPS) is 18.3. The molecular formula is C23H22N6O4. The Morgan fingerprint density at radius 2 is 1.76 bits per heavy atom. The summed E-state index contributed by atoms with van der Waals surface area (Å²) in [5, 5.41) is 11.7. The van der Waals surface area contributed by atoms with Crippen molar-refractivity contribution in [1.29, 1.82) is 0 Å². The highest BCUT2D eigenvalue weighted by atomic mass is 16.5. The standard InChI is InChI=1S/C23H22N6O4/c1-4-27-19(30)16-7-5-6-8-17(16)29-18(25-26-21(27)29)13-28-20(31)23(2,24-22(28)32)14-9-11-15(33-3)12-10-14/h5-12H,4,13H2,1-3H3,(H,24,32). The maximum Gasteiger partial charge on any atom is 0.325 e. The molecule has 1 saturated heterocycles. The summed E-state index contributed by atoms with van der Waals surface area (Å²) < 4.78 is 8.43. The van der Waals surface area contributed by atoms with Gasteiger partial charge in [-0.15, -0.1) is 10.2 Å². The number of hydrogen-bond acceptors (Lipinski definition) is 6. The highest BCUT2D eigenvalue weighted by Gasteiger charge is 2.49. The van der Waals surface area contributed by atoms with E-state index in [1.807, 2.05) is 13.0 Å². The fraction of sp³-hybridized carbons (Fsp3) is 0.261. The van der Waals surface area contributed by atoms with Gasteiger partial charge >= 0.3 is 6.03 Å². The number of nitrogens with one attached hydrogen (secondary N) is 1.